The summed E-state index contributed by atoms with van der Waals surface area (Å²) in [5.74, 6) is 0. The summed E-state index contributed by atoms with van der Waals surface area (Å²) in [5.41, 5.74) is -0.684. The Morgan fingerprint density at radius 1 is 1.12 bits per heavy atom. The first kappa shape index (κ1) is 23.0. The van der Waals surface area contributed by atoms with Gasteiger partial charge in [0.2, 0.25) is 0 Å². The number of hydrogen-bond acceptors (Lipinski definition) is 4. The number of allylic oxidation sites excluding steroid dienone is 1. The number of hydrogen-bond donors (Lipinski definition) is 1. The number of urea groups is 1. The summed E-state index contributed by atoms with van der Waals surface area (Å²) in [6, 6.07) is 10.1. The first-order valence-electron chi connectivity index (χ1n) is 9.01. The fraction of sp³-hybridized carbons (Fsp3) is 0.190. The van der Waals surface area contributed by atoms with Gasteiger partial charge in [-0.25, -0.2) is 9.00 Å². The van der Waals surface area contributed by atoms with Crippen molar-refractivity contribution in [3.63, 3.8) is 0 Å². The molecule has 7 nitrogen and oxygen atoms in total. The number of amides is 2. The highest BCUT2D eigenvalue weighted by Crippen LogP contribution is 2.41. The molecule has 1 heterocycles. The van der Waals surface area contributed by atoms with Crippen molar-refractivity contribution < 1.29 is 26.7 Å². The number of likely N-dealkylation sites (N-methyl/N-ethyl adjacent to an activating group) is 1. The zero-order valence-corrected chi connectivity index (χ0v) is 17.5. The molecule has 2 aromatic rings. The van der Waals surface area contributed by atoms with Crippen LogP contribution < -0.4 is 4.90 Å². The predicted molar refractivity (Wildman–Crippen MR) is 108 cm³/mol. The summed E-state index contributed by atoms with van der Waals surface area (Å²) in [5, 5.41) is 18.9. The minimum Gasteiger partial charge on any atom is -0.315 e. The quantitative estimate of drug-likeness (QED) is 0.675. The Morgan fingerprint density at radius 2 is 1.81 bits per heavy atom. The maximum atomic E-state index is 13.2. The number of carbonyl (C=O) groups excluding carboxylic acids is 1. The minimum atomic E-state index is -4.62. The molecule has 1 N–H and O–H groups in total. The molecule has 1 unspecified atom stereocenters. The van der Waals surface area contributed by atoms with Crippen LogP contribution in [0.15, 0.2) is 58.6 Å². The smallest absolute Gasteiger partial charge is 0.315 e. The molecular formula is C21H15F3N4O3S. The molecule has 2 aromatic carbocycles. The van der Waals surface area contributed by atoms with E-state index in [4.69, 9.17) is 5.26 Å². The molecule has 1 aliphatic heterocycles. The molecule has 11 heteroatoms. The second-order valence-electron chi connectivity index (χ2n) is 6.90. The molecule has 1 aliphatic rings. The molecular weight excluding hydrogens is 445 g/mol. The molecule has 0 radical (unpaired) electrons. The normalized spacial score (nSPS) is 17.8. The second-order valence-corrected chi connectivity index (χ2v) is 7.84. The molecule has 0 spiro atoms. The van der Waals surface area contributed by atoms with E-state index in [1.54, 1.807) is 0 Å². The first-order valence-corrected chi connectivity index (χ1v) is 10.1. The molecule has 32 heavy (non-hydrogen) atoms. The summed E-state index contributed by atoms with van der Waals surface area (Å²) in [6.07, 6.45) is -4.62. The van der Waals surface area contributed by atoms with Gasteiger partial charge in [0, 0.05) is 12.7 Å². The Balaban J connectivity index is 2.21. The molecule has 3 rings (SSSR count). The van der Waals surface area contributed by atoms with Crippen LogP contribution >= 0.6 is 0 Å². The van der Waals surface area contributed by atoms with E-state index in [-0.39, 0.29) is 33.0 Å². The van der Waals surface area contributed by atoms with E-state index in [0.717, 1.165) is 28.0 Å². The molecule has 0 saturated heterocycles. The summed E-state index contributed by atoms with van der Waals surface area (Å²) in [4.78, 5) is 15.1. The standard InChI is InChI=1S/C21H15F3N4O3S/c1-12-17(11-26)19(16-7-6-13(10-25)8-18(16)32(30)31)27(2)20(29)28(12)15-5-3-4-14(9-15)21(22,23)24/h3-9,19H,1-2H3,(H,30,31)/t19-/m1/s1. The Bertz CT molecular complexity index is 1240. The number of anilines is 1. The van der Waals surface area contributed by atoms with E-state index in [1.807, 2.05) is 12.1 Å². The fourth-order valence-electron chi connectivity index (χ4n) is 3.54. The Morgan fingerprint density at radius 3 is 2.38 bits per heavy atom. The van der Waals surface area contributed by atoms with Crippen molar-refractivity contribution in [2.75, 3.05) is 11.9 Å². The van der Waals surface area contributed by atoms with Gasteiger partial charge in [0.05, 0.1) is 45.5 Å². The number of alkyl halides is 3. The molecule has 0 aromatic heterocycles. The lowest BCUT2D eigenvalue weighted by Crippen LogP contribution is -2.47. The number of nitriles is 2. The van der Waals surface area contributed by atoms with Crippen molar-refractivity contribution in [1.29, 1.82) is 10.5 Å². The molecule has 0 saturated carbocycles. The van der Waals surface area contributed by atoms with E-state index < -0.39 is 34.9 Å². The third-order valence-electron chi connectivity index (χ3n) is 5.06. The molecule has 0 aliphatic carbocycles. The van der Waals surface area contributed by atoms with Gasteiger partial charge in [-0.05, 0) is 42.8 Å². The lowest BCUT2D eigenvalue weighted by atomic mass is 9.93. The van der Waals surface area contributed by atoms with Crippen molar-refractivity contribution in [1.82, 2.24) is 4.90 Å². The van der Waals surface area contributed by atoms with Crippen molar-refractivity contribution in [2.45, 2.75) is 24.0 Å². The topological polar surface area (TPSA) is 108 Å². The number of benzene rings is 2. The van der Waals surface area contributed by atoms with Crippen LogP contribution in [0.25, 0.3) is 0 Å². The van der Waals surface area contributed by atoms with Crippen molar-refractivity contribution in [3.8, 4) is 12.1 Å². The Hall–Kier alpha value is -3.67. The number of carbonyl (C=O) groups is 1. The van der Waals surface area contributed by atoms with Gasteiger partial charge in [-0.15, -0.1) is 0 Å². The van der Waals surface area contributed by atoms with Crippen LogP contribution in [0.1, 0.15) is 29.7 Å². The Labute approximate surface area is 183 Å². The maximum Gasteiger partial charge on any atom is 0.416 e. The number of rotatable bonds is 3. The predicted octanol–water partition coefficient (Wildman–Crippen LogP) is 4.57. The average Bonchev–Trinajstić information content (AvgIpc) is 2.75. The summed E-state index contributed by atoms with van der Waals surface area (Å²) < 4.78 is 61.1. The van der Waals surface area contributed by atoms with E-state index in [9.17, 15) is 32.0 Å². The van der Waals surface area contributed by atoms with Crippen LogP contribution in [0.4, 0.5) is 23.7 Å². The van der Waals surface area contributed by atoms with Gasteiger partial charge in [0.25, 0.3) is 0 Å². The SMILES string of the molecule is CC1=C(C#N)[C@@H](c2ccc(C#N)cc2S(=O)O)N(C)C(=O)N1c1cccc(C(F)(F)F)c1. The molecule has 164 valence electrons. The molecule has 0 bridgehead atoms. The van der Waals surface area contributed by atoms with E-state index in [2.05, 4.69) is 0 Å². The second kappa shape index (κ2) is 8.46. The average molecular weight is 460 g/mol. The van der Waals surface area contributed by atoms with Crippen LogP contribution in [-0.2, 0) is 17.3 Å². The fourth-order valence-corrected chi connectivity index (χ4v) is 4.15. The van der Waals surface area contributed by atoms with Gasteiger partial charge in [-0.1, -0.05) is 12.1 Å². The van der Waals surface area contributed by atoms with Gasteiger partial charge in [0.15, 0.2) is 11.1 Å². The van der Waals surface area contributed by atoms with Crippen molar-refractivity contribution >= 4 is 22.8 Å². The van der Waals surface area contributed by atoms with Gasteiger partial charge in [0.1, 0.15) is 0 Å². The van der Waals surface area contributed by atoms with Crippen LogP contribution in [0.5, 0.6) is 0 Å². The van der Waals surface area contributed by atoms with Crippen molar-refractivity contribution in [3.05, 3.63) is 70.4 Å². The zero-order valence-electron chi connectivity index (χ0n) is 16.7. The highest BCUT2D eigenvalue weighted by Gasteiger charge is 2.40. The van der Waals surface area contributed by atoms with Crippen molar-refractivity contribution in [2.24, 2.45) is 0 Å². The van der Waals surface area contributed by atoms with Crippen LogP contribution in [0.2, 0.25) is 0 Å². The highest BCUT2D eigenvalue weighted by atomic mass is 32.2. The zero-order chi connectivity index (χ0) is 23.8. The van der Waals surface area contributed by atoms with E-state index >= 15 is 0 Å². The monoisotopic (exact) mass is 460 g/mol. The lowest BCUT2D eigenvalue weighted by molar-refractivity contribution is -0.137. The lowest BCUT2D eigenvalue weighted by Gasteiger charge is -2.40. The molecule has 0 fully saturated rings. The van der Waals surface area contributed by atoms with E-state index in [1.165, 1.54) is 38.2 Å². The van der Waals surface area contributed by atoms with Gasteiger partial charge < -0.3 is 9.45 Å². The summed E-state index contributed by atoms with van der Waals surface area (Å²) in [6.45, 7) is 1.41. The van der Waals surface area contributed by atoms with Gasteiger partial charge >= 0.3 is 12.2 Å². The molecule has 2 atom stereocenters. The number of halogens is 3. The summed E-state index contributed by atoms with van der Waals surface area (Å²) >= 11 is -2.53. The van der Waals surface area contributed by atoms with E-state index in [0.29, 0.717) is 0 Å². The van der Waals surface area contributed by atoms with Gasteiger partial charge in [-0.2, -0.15) is 23.7 Å². The van der Waals surface area contributed by atoms with Crippen LogP contribution in [-0.4, -0.2) is 26.7 Å². The number of nitrogens with zero attached hydrogens (tertiary/aromatic N) is 4. The van der Waals surface area contributed by atoms with Gasteiger partial charge in [-0.3, -0.25) is 4.90 Å². The minimum absolute atomic E-state index is 0.000851. The van der Waals surface area contributed by atoms with Crippen LogP contribution in [0, 0.1) is 22.7 Å². The third-order valence-corrected chi connectivity index (χ3v) is 5.79. The first-order chi connectivity index (χ1) is 15.0. The van der Waals surface area contributed by atoms with Crippen LogP contribution in [0.3, 0.4) is 0 Å². The maximum absolute atomic E-state index is 13.2. The highest BCUT2D eigenvalue weighted by molar-refractivity contribution is 7.79. The molecule has 2 amide bonds. The largest absolute Gasteiger partial charge is 0.416 e. The third kappa shape index (κ3) is 3.96. The Kier molecular flexibility index (Phi) is 6.08. The summed E-state index contributed by atoms with van der Waals surface area (Å²) in [7, 11) is 1.33.